The minimum Gasteiger partial charge on any atom is -0.327 e. The molecule has 2 amide bonds. The maximum absolute atomic E-state index is 12.0. The Kier molecular flexibility index (Phi) is 7.56. The Morgan fingerprint density at radius 2 is 1.82 bits per heavy atom. The van der Waals surface area contributed by atoms with Gasteiger partial charge in [0.2, 0.25) is 11.8 Å². The summed E-state index contributed by atoms with van der Waals surface area (Å²) >= 11 is 0. The molecule has 1 aromatic rings. The molecule has 6 heteroatoms. The summed E-state index contributed by atoms with van der Waals surface area (Å²) in [5.41, 5.74) is 7.42. The van der Waals surface area contributed by atoms with Crippen LogP contribution in [0.4, 0.5) is 11.4 Å². The molecule has 1 unspecified atom stereocenters. The predicted octanol–water partition coefficient (Wildman–Crippen LogP) is 3.08. The molecule has 0 aliphatic heterocycles. The first-order chi connectivity index (χ1) is 9.59. The number of rotatable bonds is 4. The minimum atomic E-state index is -0.469. The fourth-order valence-corrected chi connectivity index (χ4v) is 1.65. The number of aryl methyl sites for hydroxylation is 1. The maximum atomic E-state index is 12.0. The molecule has 0 saturated heterocycles. The van der Waals surface area contributed by atoms with Crippen molar-refractivity contribution >= 4 is 35.6 Å². The number of benzene rings is 1. The lowest BCUT2D eigenvalue weighted by Gasteiger charge is -2.18. The van der Waals surface area contributed by atoms with E-state index in [1.54, 1.807) is 13.0 Å². The molecule has 0 heterocycles. The zero-order chi connectivity index (χ0) is 16.2. The first kappa shape index (κ1) is 20.4. The van der Waals surface area contributed by atoms with Crippen LogP contribution in [0.3, 0.4) is 0 Å². The molecule has 0 fully saturated rings. The van der Waals surface area contributed by atoms with E-state index in [-0.39, 0.29) is 36.7 Å². The lowest BCUT2D eigenvalue weighted by molar-refractivity contribution is -0.123. The first-order valence-corrected chi connectivity index (χ1v) is 7.07. The van der Waals surface area contributed by atoms with E-state index in [0.29, 0.717) is 11.4 Å². The van der Waals surface area contributed by atoms with Gasteiger partial charge in [0, 0.05) is 29.3 Å². The zero-order valence-corrected chi connectivity index (χ0v) is 14.6. The van der Waals surface area contributed by atoms with Crippen LogP contribution in [0, 0.1) is 12.3 Å². The van der Waals surface area contributed by atoms with Crippen LogP contribution in [0.1, 0.15) is 39.7 Å². The lowest BCUT2D eigenvalue weighted by Crippen LogP contribution is -2.27. The van der Waals surface area contributed by atoms with Gasteiger partial charge in [-0.05, 0) is 31.5 Å². The Balaban J connectivity index is 0.00000441. The highest BCUT2D eigenvalue weighted by atomic mass is 35.5. The van der Waals surface area contributed by atoms with Crippen molar-refractivity contribution in [2.45, 2.75) is 47.1 Å². The second-order valence-corrected chi connectivity index (χ2v) is 6.46. The van der Waals surface area contributed by atoms with Gasteiger partial charge in [-0.2, -0.15) is 0 Å². The van der Waals surface area contributed by atoms with Crippen LogP contribution in [0.15, 0.2) is 18.2 Å². The summed E-state index contributed by atoms with van der Waals surface area (Å²) in [4.78, 5) is 23.8. The van der Waals surface area contributed by atoms with Crippen LogP contribution in [0.25, 0.3) is 0 Å². The van der Waals surface area contributed by atoms with Crippen molar-refractivity contribution < 1.29 is 9.59 Å². The zero-order valence-electron chi connectivity index (χ0n) is 13.8. The summed E-state index contributed by atoms with van der Waals surface area (Å²) in [6.07, 6.45) is 0.262. The average Bonchev–Trinajstić information content (AvgIpc) is 2.31. The Morgan fingerprint density at radius 1 is 1.23 bits per heavy atom. The van der Waals surface area contributed by atoms with Gasteiger partial charge in [0.25, 0.3) is 0 Å². The van der Waals surface area contributed by atoms with Gasteiger partial charge in [0.1, 0.15) is 0 Å². The summed E-state index contributed by atoms with van der Waals surface area (Å²) in [6.45, 7) is 9.23. The molecule has 1 aromatic carbocycles. The van der Waals surface area contributed by atoms with Crippen LogP contribution in [0.5, 0.6) is 0 Å². The number of halogens is 1. The molecular formula is C16H26ClN3O2. The van der Waals surface area contributed by atoms with E-state index in [0.717, 1.165) is 5.56 Å². The fourth-order valence-electron chi connectivity index (χ4n) is 1.65. The highest BCUT2D eigenvalue weighted by Crippen LogP contribution is 2.23. The highest BCUT2D eigenvalue weighted by Gasteiger charge is 2.21. The average molecular weight is 328 g/mol. The number of hydrogen-bond acceptors (Lipinski definition) is 3. The number of nitrogens with two attached hydrogens (primary N) is 1. The van der Waals surface area contributed by atoms with Gasteiger partial charge in [-0.3, -0.25) is 9.59 Å². The lowest BCUT2D eigenvalue weighted by atomic mass is 9.95. The molecule has 4 N–H and O–H groups in total. The van der Waals surface area contributed by atoms with Crippen molar-refractivity contribution in [2.75, 3.05) is 10.6 Å². The van der Waals surface area contributed by atoms with E-state index < -0.39 is 5.41 Å². The molecule has 22 heavy (non-hydrogen) atoms. The van der Waals surface area contributed by atoms with E-state index >= 15 is 0 Å². The molecule has 0 bridgehead atoms. The molecule has 0 spiro atoms. The summed E-state index contributed by atoms with van der Waals surface area (Å²) in [5.74, 6) is -0.202. The van der Waals surface area contributed by atoms with E-state index in [2.05, 4.69) is 10.6 Å². The van der Waals surface area contributed by atoms with Gasteiger partial charge in [-0.1, -0.05) is 26.8 Å². The molecule has 1 atom stereocenters. The Labute approximate surface area is 138 Å². The molecule has 0 aromatic heterocycles. The predicted molar refractivity (Wildman–Crippen MR) is 93.4 cm³/mol. The van der Waals surface area contributed by atoms with Gasteiger partial charge < -0.3 is 16.4 Å². The second-order valence-electron chi connectivity index (χ2n) is 6.46. The number of carbonyl (C=O) groups is 2. The van der Waals surface area contributed by atoms with Crippen molar-refractivity contribution in [3.05, 3.63) is 23.8 Å². The molecule has 124 valence electrons. The fraction of sp³-hybridized carbons (Fsp3) is 0.500. The summed E-state index contributed by atoms with van der Waals surface area (Å²) in [6, 6.07) is 5.26. The Bertz CT molecular complexity index is 537. The number of carbonyl (C=O) groups excluding carboxylic acids is 2. The molecule has 0 aliphatic carbocycles. The molecule has 1 rings (SSSR count). The van der Waals surface area contributed by atoms with Crippen molar-refractivity contribution in [3.63, 3.8) is 0 Å². The SMILES string of the molecule is Cc1ccc(NC(=O)C(C)(C)C)cc1NC(=O)CC(C)N.Cl. The van der Waals surface area contributed by atoms with Crippen molar-refractivity contribution in [1.29, 1.82) is 0 Å². The summed E-state index contributed by atoms with van der Waals surface area (Å²) < 4.78 is 0. The van der Waals surface area contributed by atoms with Gasteiger partial charge in [-0.15, -0.1) is 12.4 Å². The third kappa shape index (κ3) is 6.45. The van der Waals surface area contributed by atoms with Gasteiger partial charge >= 0.3 is 0 Å². The molecule has 0 saturated carbocycles. The van der Waals surface area contributed by atoms with Crippen LogP contribution in [-0.4, -0.2) is 17.9 Å². The standard InChI is InChI=1S/C16H25N3O2.ClH/c1-10-6-7-12(18-15(21)16(3,4)5)9-13(10)19-14(20)8-11(2)17;/h6-7,9,11H,8,17H2,1-5H3,(H,18,21)(H,19,20);1H. The van der Waals surface area contributed by atoms with Crippen LogP contribution >= 0.6 is 12.4 Å². The number of amides is 2. The Hall–Kier alpha value is -1.59. The third-order valence-corrected chi connectivity index (χ3v) is 2.96. The Morgan fingerprint density at radius 3 is 2.32 bits per heavy atom. The van der Waals surface area contributed by atoms with Gasteiger partial charge in [-0.25, -0.2) is 0 Å². The first-order valence-electron chi connectivity index (χ1n) is 7.07. The monoisotopic (exact) mass is 327 g/mol. The van der Waals surface area contributed by atoms with Crippen molar-refractivity contribution in [2.24, 2.45) is 11.1 Å². The molecule has 0 aliphatic rings. The van der Waals surface area contributed by atoms with Crippen molar-refractivity contribution in [3.8, 4) is 0 Å². The topological polar surface area (TPSA) is 84.2 Å². The van der Waals surface area contributed by atoms with Crippen LogP contribution in [0.2, 0.25) is 0 Å². The van der Waals surface area contributed by atoms with E-state index in [9.17, 15) is 9.59 Å². The number of anilines is 2. The smallest absolute Gasteiger partial charge is 0.229 e. The highest BCUT2D eigenvalue weighted by molar-refractivity contribution is 5.96. The number of hydrogen-bond donors (Lipinski definition) is 3. The molecule has 5 nitrogen and oxygen atoms in total. The maximum Gasteiger partial charge on any atom is 0.229 e. The second kappa shape index (κ2) is 8.15. The summed E-state index contributed by atoms with van der Waals surface area (Å²) in [5, 5.41) is 5.67. The minimum absolute atomic E-state index is 0. The largest absolute Gasteiger partial charge is 0.327 e. The number of nitrogens with one attached hydrogen (secondary N) is 2. The van der Waals surface area contributed by atoms with Crippen LogP contribution < -0.4 is 16.4 Å². The normalized spacial score (nSPS) is 12.1. The van der Waals surface area contributed by atoms with E-state index in [4.69, 9.17) is 5.73 Å². The molecule has 0 radical (unpaired) electrons. The quantitative estimate of drug-likeness (QED) is 0.794. The molecular weight excluding hydrogens is 302 g/mol. The van der Waals surface area contributed by atoms with Crippen LogP contribution in [-0.2, 0) is 9.59 Å². The third-order valence-electron chi connectivity index (χ3n) is 2.96. The van der Waals surface area contributed by atoms with E-state index in [1.807, 2.05) is 39.8 Å². The van der Waals surface area contributed by atoms with E-state index in [1.165, 1.54) is 0 Å². The van der Waals surface area contributed by atoms with Gasteiger partial charge in [0.05, 0.1) is 0 Å². The summed E-state index contributed by atoms with van der Waals surface area (Å²) in [7, 11) is 0. The van der Waals surface area contributed by atoms with Crippen molar-refractivity contribution in [1.82, 2.24) is 0 Å². The van der Waals surface area contributed by atoms with Gasteiger partial charge in [0.15, 0.2) is 0 Å².